The summed E-state index contributed by atoms with van der Waals surface area (Å²) in [7, 11) is 1.70. The van der Waals surface area contributed by atoms with Gasteiger partial charge in [0, 0.05) is 0 Å². The second-order valence-corrected chi connectivity index (χ2v) is 5.10. The smallest absolute Gasteiger partial charge is 0.338 e. The molecule has 1 rings (SSSR count). The number of rotatable bonds is 2. The van der Waals surface area contributed by atoms with E-state index in [1.807, 2.05) is 0 Å². The minimum atomic E-state index is -1.32. The van der Waals surface area contributed by atoms with Crippen molar-refractivity contribution in [3.8, 4) is 0 Å². The fraction of sp³-hybridized carbons (Fsp3) is 0.300. The van der Waals surface area contributed by atoms with Crippen LogP contribution < -0.4 is 5.32 Å². The number of hydrogen-bond donors (Lipinski definition) is 3. The highest BCUT2D eigenvalue weighted by Gasteiger charge is 2.23. The summed E-state index contributed by atoms with van der Waals surface area (Å²) >= 11 is 28.2. The third kappa shape index (κ3) is 5.16. The number of aromatic carboxylic acids is 1. The molecule has 0 aliphatic carbocycles. The van der Waals surface area contributed by atoms with Gasteiger partial charge in [-0.2, -0.15) is 0 Å². The molecule has 1 aromatic carbocycles. The van der Waals surface area contributed by atoms with Crippen LogP contribution in [0.2, 0.25) is 25.1 Å². The van der Waals surface area contributed by atoms with Crippen molar-refractivity contribution in [1.29, 1.82) is 0 Å². The van der Waals surface area contributed by atoms with E-state index < -0.39 is 5.97 Å². The van der Waals surface area contributed by atoms with Crippen LogP contribution in [0.5, 0.6) is 0 Å². The average Bonchev–Trinajstić information content (AvgIpc) is 2.34. The largest absolute Gasteiger partial charge is 0.478 e. The van der Waals surface area contributed by atoms with E-state index in [0.29, 0.717) is 0 Å². The number of carboxylic acids is 1. The molecule has 0 aliphatic heterocycles. The van der Waals surface area contributed by atoms with Gasteiger partial charge in [-0.15, -0.1) is 0 Å². The van der Waals surface area contributed by atoms with Gasteiger partial charge < -0.3 is 10.2 Å². The molecule has 0 bridgehead atoms. The molecular weight excluding hydrogens is 359 g/mol. The minimum Gasteiger partial charge on any atom is -0.478 e. The lowest BCUT2D eigenvalue weighted by Gasteiger charge is -2.08. The molecule has 0 aliphatic rings. The molecule has 19 heavy (non-hydrogen) atoms. The number of aliphatic hydroxyl groups excluding tert-OH is 1. The van der Waals surface area contributed by atoms with E-state index in [-0.39, 0.29) is 36.9 Å². The molecule has 1 unspecified atom stereocenters. The van der Waals surface area contributed by atoms with E-state index in [2.05, 4.69) is 5.32 Å². The summed E-state index contributed by atoms with van der Waals surface area (Å²) in [6, 6.07) is 0. The molecule has 9 heteroatoms. The molecule has 3 N–H and O–H groups in total. The summed E-state index contributed by atoms with van der Waals surface area (Å²) < 4.78 is 0. The zero-order valence-electron chi connectivity index (χ0n) is 9.77. The standard InChI is InChI=1S/C7HCl5O2.C3H9NO/c8-2-1(7(13)14)3(9)5(11)6(12)4(2)10;1-3(5)4-2/h(H,13,14);3-5H,1-2H3. The average molecular weight is 369 g/mol. The lowest BCUT2D eigenvalue weighted by atomic mass is 10.2. The molecule has 1 atom stereocenters. The Hall–Kier alpha value is 0.0600. The SMILES string of the molecule is CNC(C)O.O=C(O)c1c(Cl)c(Cl)c(Cl)c(Cl)c1Cl. The van der Waals surface area contributed by atoms with Gasteiger partial charge in [0.05, 0.1) is 30.7 Å². The van der Waals surface area contributed by atoms with E-state index in [1.54, 1.807) is 14.0 Å². The molecule has 0 saturated carbocycles. The van der Waals surface area contributed by atoms with Crippen LogP contribution in [0.4, 0.5) is 0 Å². The number of benzene rings is 1. The number of nitrogens with one attached hydrogen (secondary N) is 1. The molecule has 0 aromatic heterocycles. The molecule has 0 radical (unpaired) electrons. The molecule has 0 heterocycles. The van der Waals surface area contributed by atoms with Crippen molar-refractivity contribution < 1.29 is 15.0 Å². The monoisotopic (exact) mass is 367 g/mol. The van der Waals surface area contributed by atoms with Crippen LogP contribution in [0.1, 0.15) is 17.3 Å². The Kier molecular flexibility index (Phi) is 8.40. The Morgan fingerprint density at radius 2 is 1.26 bits per heavy atom. The maximum Gasteiger partial charge on any atom is 0.338 e. The van der Waals surface area contributed by atoms with Crippen LogP contribution in [0.15, 0.2) is 0 Å². The van der Waals surface area contributed by atoms with Gasteiger partial charge in [0.25, 0.3) is 0 Å². The summed E-state index contributed by atoms with van der Waals surface area (Å²) in [6.07, 6.45) is -0.366. The number of aliphatic hydroxyl groups is 1. The highest BCUT2D eigenvalue weighted by Crippen LogP contribution is 2.43. The molecule has 108 valence electrons. The number of carbonyl (C=O) groups is 1. The summed E-state index contributed by atoms with van der Waals surface area (Å²) in [6.45, 7) is 1.67. The Morgan fingerprint density at radius 3 is 1.47 bits per heavy atom. The first kappa shape index (κ1) is 19.1. The van der Waals surface area contributed by atoms with Crippen molar-refractivity contribution >= 4 is 64.0 Å². The van der Waals surface area contributed by atoms with Crippen molar-refractivity contribution in [2.24, 2.45) is 0 Å². The predicted octanol–water partition coefficient (Wildman–Crippen LogP) is 4.20. The van der Waals surface area contributed by atoms with Crippen LogP contribution in [0.3, 0.4) is 0 Å². The minimum absolute atomic E-state index is 0.0617. The Balaban J connectivity index is 0.000000555. The summed E-state index contributed by atoms with van der Waals surface area (Å²) in [5, 5.41) is 18.8. The molecule has 4 nitrogen and oxygen atoms in total. The summed E-state index contributed by atoms with van der Waals surface area (Å²) in [5.41, 5.74) is -0.354. The molecule has 0 amide bonds. The fourth-order valence-corrected chi connectivity index (χ4v) is 2.09. The lowest BCUT2D eigenvalue weighted by Crippen LogP contribution is -2.19. The van der Waals surface area contributed by atoms with Gasteiger partial charge in [0.1, 0.15) is 6.23 Å². The molecule has 0 spiro atoms. The van der Waals surface area contributed by atoms with E-state index in [4.69, 9.17) is 68.2 Å². The first-order chi connectivity index (χ1) is 8.64. The highest BCUT2D eigenvalue weighted by atomic mass is 35.5. The molecule has 1 aromatic rings. The van der Waals surface area contributed by atoms with E-state index in [1.165, 1.54) is 0 Å². The Morgan fingerprint density at radius 1 is 1.00 bits per heavy atom. The number of hydrogen-bond acceptors (Lipinski definition) is 3. The van der Waals surface area contributed by atoms with E-state index >= 15 is 0 Å². The predicted molar refractivity (Wildman–Crippen MR) is 79.2 cm³/mol. The van der Waals surface area contributed by atoms with Gasteiger partial charge in [-0.25, -0.2) is 4.79 Å². The fourth-order valence-electron chi connectivity index (χ4n) is 0.793. The van der Waals surface area contributed by atoms with Crippen LogP contribution in [-0.2, 0) is 0 Å². The summed E-state index contributed by atoms with van der Waals surface area (Å²) in [5.74, 6) is -1.32. The van der Waals surface area contributed by atoms with Crippen LogP contribution in [0, 0.1) is 0 Å². The molecular formula is C10H10Cl5NO3. The van der Waals surface area contributed by atoms with Gasteiger partial charge in [-0.3, -0.25) is 5.32 Å². The van der Waals surface area contributed by atoms with Crippen LogP contribution >= 0.6 is 58.0 Å². The zero-order chi connectivity index (χ0) is 15.3. The third-order valence-corrected chi connectivity index (χ3v) is 4.12. The molecule has 0 fully saturated rings. The maximum atomic E-state index is 10.7. The number of carboxylic acid groups (broad SMARTS) is 1. The van der Waals surface area contributed by atoms with Gasteiger partial charge in [0.15, 0.2) is 0 Å². The van der Waals surface area contributed by atoms with Crippen molar-refractivity contribution in [3.05, 3.63) is 30.7 Å². The summed E-state index contributed by atoms with van der Waals surface area (Å²) in [4.78, 5) is 10.7. The molecule has 0 saturated heterocycles. The van der Waals surface area contributed by atoms with Gasteiger partial charge >= 0.3 is 5.97 Å². The number of halogens is 5. The van der Waals surface area contributed by atoms with Crippen molar-refractivity contribution in [2.45, 2.75) is 13.2 Å². The Bertz CT molecular complexity index is 450. The van der Waals surface area contributed by atoms with Crippen LogP contribution in [0.25, 0.3) is 0 Å². The van der Waals surface area contributed by atoms with Gasteiger partial charge in [0.2, 0.25) is 0 Å². The van der Waals surface area contributed by atoms with Gasteiger partial charge in [-0.1, -0.05) is 58.0 Å². The first-order valence-corrected chi connectivity index (χ1v) is 6.64. The van der Waals surface area contributed by atoms with Crippen LogP contribution in [-0.4, -0.2) is 29.5 Å². The second-order valence-electron chi connectivity index (χ2n) is 3.21. The lowest BCUT2D eigenvalue weighted by molar-refractivity contribution is 0.0697. The van der Waals surface area contributed by atoms with Crippen molar-refractivity contribution in [2.75, 3.05) is 7.05 Å². The maximum absolute atomic E-state index is 10.7. The van der Waals surface area contributed by atoms with Gasteiger partial charge in [-0.05, 0) is 14.0 Å². The van der Waals surface area contributed by atoms with E-state index in [0.717, 1.165) is 0 Å². The van der Waals surface area contributed by atoms with Crippen molar-refractivity contribution in [1.82, 2.24) is 5.32 Å². The first-order valence-electron chi connectivity index (χ1n) is 4.75. The third-order valence-electron chi connectivity index (χ3n) is 1.84. The van der Waals surface area contributed by atoms with E-state index in [9.17, 15) is 4.79 Å². The zero-order valence-corrected chi connectivity index (χ0v) is 13.5. The second kappa shape index (κ2) is 8.37. The normalized spacial score (nSPS) is 11.6. The topological polar surface area (TPSA) is 69.6 Å². The highest BCUT2D eigenvalue weighted by molar-refractivity contribution is 6.56. The quantitative estimate of drug-likeness (QED) is 0.415. The Labute approximate surface area is 135 Å². The van der Waals surface area contributed by atoms with Crippen molar-refractivity contribution in [3.63, 3.8) is 0 Å².